The molecule has 25 heavy (non-hydrogen) atoms. The van der Waals surface area contributed by atoms with Crippen LogP contribution in [0.3, 0.4) is 0 Å². The molecule has 0 radical (unpaired) electrons. The average Bonchev–Trinajstić information content (AvgIpc) is 3.15. The minimum absolute atomic E-state index is 0.0123. The van der Waals surface area contributed by atoms with Crippen LogP contribution in [0.1, 0.15) is 63.8 Å². The van der Waals surface area contributed by atoms with Gasteiger partial charge in [-0.3, -0.25) is 4.79 Å². The normalized spacial score (nSPS) is 20.6. The van der Waals surface area contributed by atoms with E-state index in [1.807, 2.05) is 13.0 Å². The Balaban J connectivity index is 1.90. The van der Waals surface area contributed by atoms with Crippen molar-refractivity contribution >= 4 is 5.78 Å². The van der Waals surface area contributed by atoms with Gasteiger partial charge < -0.3 is 9.63 Å². The van der Waals surface area contributed by atoms with Gasteiger partial charge in [-0.15, -0.1) is 0 Å². The van der Waals surface area contributed by atoms with Crippen LogP contribution in [0.5, 0.6) is 0 Å². The summed E-state index contributed by atoms with van der Waals surface area (Å²) in [4.78, 5) is 12.4. The second-order valence-corrected chi connectivity index (χ2v) is 7.00. The monoisotopic (exact) mass is 345 g/mol. The van der Waals surface area contributed by atoms with Crippen LogP contribution in [-0.2, 0) is 17.6 Å². The molecule has 1 aliphatic rings. The third-order valence-electron chi connectivity index (χ3n) is 4.87. The molecule has 0 unspecified atom stereocenters. The third kappa shape index (κ3) is 5.96. The van der Waals surface area contributed by atoms with E-state index in [9.17, 15) is 4.79 Å². The van der Waals surface area contributed by atoms with E-state index in [0.717, 1.165) is 68.4 Å². The molecule has 1 N–H and O–H groups in total. The summed E-state index contributed by atoms with van der Waals surface area (Å²) in [5, 5.41) is 12.9. The number of hydrogen-bond donors (Lipinski definition) is 1. The molecule has 1 aromatic rings. The number of nitrogens with zero attached hydrogens (tertiary/aromatic N) is 1. The van der Waals surface area contributed by atoms with Crippen molar-refractivity contribution in [2.45, 2.75) is 65.2 Å². The lowest BCUT2D eigenvalue weighted by Gasteiger charge is -2.15. The van der Waals surface area contributed by atoms with Crippen molar-refractivity contribution in [2.75, 3.05) is 6.61 Å². The molecule has 2 rings (SSSR count). The zero-order chi connectivity index (χ0) is 18.1. The van der Waals surface area contributed by atoms with Crippen LogP contribution in [0.4, 0.5) is 0 Å². The first-order chi connectivity index (χ1) is 12.2. The fourth-order valence-corrected chi connectivity index (χ4v) is 3.38. The molecule has 0 aliphatic heterocycles. The van der Waals surface area contributed by atoms with Gasteiger partial charge in [0, 0.05) is 25.0 Å². The number of ketones is 1. The smallest absolute Gasteiger partial charge is 0.162 e. The lowest BCUT2D eigenvalue weighted by molar-refractivity contribution is -0.119. The predicted molar refractivity (Wildman–Crippen MR) is 99.3 cm³/mol. The molecule has 1 heterocycles. The molecule has 0 saturated heterocycles. The van der Waals surface area contributed by atoms with Gasteiger partial charge in [-0.25, -0.2) is 0 Å². The van der Waals surface area contributed by atoms with Gasteiger partial charge in [0.2, 0.25) is 0 Å². The lowest BCUT2D eigenvalue weighted by atomic mass is 9.87. The first-order valence-electron chi connectivity index (χ1n) is 9.58. The second kappa shape index (κ2) is 10.3. The zero-order valence-electron chi connectivity index (χ0n) is 15.5. The van der Waals surface area contributed by atoms with Crippen molar-refractivity contribution in [2.24, 2.45) is 11.8 Å². The van der Waals surface area contributed by atoms with Crippen LogP contribution < -0.4 is 0 Å². The summed E-state index contributed by atoms with van der Waals surface area (Å²) in [6, 6.07) is 2.05. The Hall–Kier alpha value is -1.68. The van der Waals surface area contributed by atoms with Crippen LogP contribution >= 0.6 is 0 Å². The molecule has 1 aliphatic carbocycles. The minimum atomic E-state index is 0.0123. The van der Waals surface area contributed by atoms with Crippen molar-refractivity contribution in [1.29, 1.82) is 0 Å². The minimum Gasteiger partial charge on any atom is -0.396 e. The summed E-state index contributed by atoms with van der Waals surface area (Å²) in [6.45, 7) is 4.32. The summed E-state index contributed by atoms with van der Waals surface area (Å²) < 4.78 is 5.48. The number of unbranched alkanes of at least 4 members (excludes halogenated alkanes) is 3. The highest BCUT2D eigenvalue weighted by atomic mass is 16.5. The highest BCUT2D eigenvalue weighted by molar-refractivity contribution is 5.99. The summed E-state index contributed by atoms with van der Waals surface area (Å²) in [6.07, 6.45) is 13.9. The van der Waals surface area contributed by atoms with Gasteiger partial charge in [0.15, 0.2) is 5.78 Å². The van der Waals surface area contributed by atoms with Gasteiger partial charge in [-0.2, -0.15) is 0 Å². The Morgan fingerprint density at radius 3 is 2.88 bits per heavy atom. The van der Waals surface area contributed by atoms with E-state index >= 15 is 0 Å². The van der Waals surface area contributed by atoms with Gasteiger partial charge >= 0.3 is 0 Å². The molecule has 1 aromatic heterocycles. The second-order valence-electron chi connectivity index (χ2n) is 7.00. The topological polar surface area (TPSA) is 63.3 Å². The molecule has 0 saturated carbocycles. The largest absolute Gasteiger partial charge is 0.396 e. The summed E-state index contributed by atoms with van der Waals surface area (Å²) in [7, 11) is 0. The number of aryl methyl sites for hydroxylation is 1. The number of rotatable bonds is 11. The molecular weight excluding hydrogens is 314 g/mol. The van der Waals surface area contributed by atoms with Crippen molar-refractivity contribution in [1.82, 2.24) is 5.16 Å². The number of aliphatic hydroxyl groups is 1. The number of Topliss-reactive ketones (excluding diaryl/α,β-unsaturated/α-hetero) is 1. The molecule has 0 bridgehead atoms. The fourth-order valence-electron chi connectivity index (χ4n) is 3.38. The Morgan fingerprint density at radius 1 is 1.28 bits per heavy atom. The summed E-state index contributed by atoms with van der Waals surface area (Å²) in [5.41, 5.74) is 1.89. The molecule has 0 amide bonds. The van der Waals surface area contributed by atoms with Crippen LogP contribution in [-0.4, -0.2) is 22.7 Å². The van der Waals surface area contributed by atoms with E-state index in [1.165, 1.54) is 0 Å². The molecular formula is C21H31NO3. The maximum absolute atomic E-state index is 12.4. The van der Waals surface area contributed by atoms with Gasteiger partial charge in [-0.05, 0) is 56.9 Å². The van der Waals surface area contributed by atoms with E-state index in [2.05, 4.69) is 30.3 Å². The number of carbonyl (C=O) groups excluding carboxylic acids is 1. The zero-order valence-corrected chi connectivity index (χ0v) is 15.5. The summed E-state index contributed by atoms with van der Waals surface area (Å²) >= 11 is 0. The molecule has 0 fully saturated rings. The Labute approximate surface area is 151 Å². The van der Waals surface area contributed by atoms with Crippen LogP contribution in [0.15, 0.2) is 34.4 Å². The fraction of sp³-hybridized carbons (Fsp3) is 0.619. The first kappa shape index (κ1) is 19.6. The maximum atomic E-state index is 12.4. The number of aliphatic hydroxyl groups excluding tert-OH is 1. The molecule has 0 aromatic carbocycles. The highest BCUT2D eigenvalue weighted by Crippen LogP contribution is 2.33. The van der Waals surface area contributed by atoms with Crippen LogP contribution in [0.2, 0.25) is 0 Å². The third-order valence-corrected chi connectivity index (χ3v) is 4.87. The van der Waals surface area contributed by atoms with Crippen molar-refractivity contribution < 1.29 is 14.4 Å². The van der Waals surface area contributed by atoms with Gasteiger partial charge in [0.25, 0.3) is 0 Å². The van der Waals surface area contributed by atoms with E-state index in [4.69, 9.17) is 9.63 Å². The SMILES string of the molecule is CCCCc1cc(C[C@H]2C=C(C)C(=O)[C@@H]2C/C=C\CCCCO)on1. The highest BCUT2D eigenvalue weighted by Gasteiger charge is 2.33. The van der Waals surface area contributed by atoms with E-state index < -0.39 is 0 Å². The van der Waals surface area contributed by atoms with Gasteiger partial charge in [-0.1, -0.05) is 36.7 Å². The molecule has 138 valence electrons. The van der Waals surface area contributed by atoms with Crippen LogP contribution in [0, 0.1) is 11.8 Å². The Kier molecular flexibility index (Phi) is 8.13. The van der Waals surface area contributed by atoms with Crippen molar-refractivity contribution in [3.63, 3.8) is 0 Å². The number of aromatic nitrogens is 1. The van der Waals surface area contributed by atoms with Crippen molar-refractivity contribution in [3.8, 4) is 0 Å². The van der Waals surface area contributed by atoms with E-state index in [-0.39, 0.29) is 24.2 Å². The average molecular weight is 345 g/mol. The predicted octanol–water partition coefficient (Wildman–Crippen LogP) is 4.43. The standard InChI is InChI=1S/C21H31NO3/c1-3-4-10-18-15-19(25-22-18)14-17-13-16(2)21(24)20(17)11-8-6-5-7-9-12-23/h6,8,13,15,17,20,23H,3-5,7,9-12,14H2,1-2H3/b8-6-/t17-,20-/m1/s1. The van der Waals surface area contributed by atoms with Gasteiger partial charge in [0.05, 0.1) is 5.69 Å². The summed E-state index contributed by atoms with van der Waals surface area (Å²) in [5.74, 6) is 1.35. The van der Waals surface area contributed by atoms with E-state index in [0.29, 0.717) is 0 Å². The first-order valence-corrected chi connectivity index (χ1v) is 9.58. The molecule has 0 spiro atoms. The maximum Gasteiger partial charge on any atom is 0.162 e. The lowest BCUT2D eigenvalue weighted by Crippen LogP contribution is -2.17. The Morgan fingerprint density at radius 2 is 2.12 bits per heavy atom. The molecule has 2 atom stereocenters. The molecule has 4 nitrogen and oxygen atoms in total. The van der Waals surface area contributed by atoms with Crippen LogP contribution in [0.25, 0.3) is 0 Å². The van der Waals surface area contributed by atoms with E-state index in [1.54, 1.807) is 0 Å². The number of hydrogen-bond acceptors (Lipinski definition) is 4. The van der Waals surface area contributed by atoms with Gasteiger partial charge in [0.1, 0.15) is 5.76 Å². The number of carbonyl (C=O) groups is 1. The number of allylic oxidation sites excluding steroid dienone is 4. The Bertz CT molecular complexity index is 600. The quantitative estimate of drug-likeness (QED) is 0.476. The van der Waals surface area contributed by atoms with Crippen molar-refractivity contribution in [3.05, 3.63) is 41.3 Å². The molecule has 4 heteroatoms.